The zero-order valence-electron chi connectivity index (χ0n) is 17.3. The average molecular weight is 447 g/mol. The zero-order chi connectivity index (χ0) is 22.1. The first-order chi connectivity index (χ1) is 15.5. The van der Waals surface area contributed by atoms with Gasteiger partial charge in [0.1, 0.15) is 12.0 Å². The Bertz CT molecular complexity index is 1410. The van der Waals surface area contributed by atoms with Crippen LogP contribution in [0.3, 0.4) is 0 Å². The van der Waals surface area contributed by atoms with Gasteiger partial charge in [-0.05, 0) is 37.7 Å². The van der Waals surface area contributed by atoms with E-state index in [1.54, 1.807) is 24.5 Å². The Morgan fingerprint density at radius 1 is 1.12 bits per heavy atom. The minimum absolute atomic E-state index is 0.0863. The van der Waals surface area contributed by atoms with Crippen molar-refractivity contribution in [1.29, 1.82) is 0 Å². The largest absolute Gasteiger partial charge is 0.346 e. The molecule has 1 aliphatic rings. The quantitative estimate of drug-likeness (QED) is 0.453. The van der Waals surface area contributed by atoms with Crippen molar-refractivity contribution in [2.24, 2.45) is 5.92 Å². The molecule has 0 spiro atoms. The molecule has 1 fully saturated rings. The number of nitrogens with one attached hydrogen (secondary N) is 1. The molecule has 3 heterocycles. The Morgan fingerprint density at radius 3 is 2.75 bits per heavy atom. The van der Waals surface area contributed by atoms with Crippen LogP contribution >= 0.6 is 0 Å². The molecule has 0 saturated heterocycles. The molecule has 0 bridgehead atoms. The van der Waals surface area contributed by atoms with Gasteiger partial charge in [0, 0.05) is 23.3 Å². The van der Waals surface area contributed by atoms with Crippen LogP contribution in [0.4, 0.5) is 5.69 Å². The molecule has 5 rings (SSSR count). The van der Waals surface area contributed by atoms with Crippen LogP contribution in [-0.2, 0) is 9.84 Å². The lowest BCUT2D eigenvalue weighted by atomic mass is 9.87. The van der Waals surface area contributed by atoms with Crippen LogP contribution in [0.25, 0.3) is 27.1 Å². The second-order valence-corrected chi connectivity index (χ2v) is 10.2. The summed E-state index contributed by atoms with van der Waals surface area (Å²) < 4.78 is 27.8. The number of aromatic amines is 1. The molecule has 4 aromatic rings. The second kappa shape index (κ2) is 8.20. The SMILES string of the molecule is [C-]#[N+]c1ccccc1S(=O)(=O)CC1CCC(n2cc(-c3ncnc4[nH]ccc34)cn2)CC1. The van der Waals surface area contributed by atoms with Crippen LogP contribution in [0, 0.1) is 12.5 Å². The summed E-state index contributed by atoms with van der Waals surface area (Å²) in [6.45, 7) is 7.25. The van der Waals surface area contributed by atoms with Crippen LogP contribution in [0.2, 0.25) is 0 Å². The van der Waals surface area contributed by atoms with Gasteiger partial charge in [0.25, 0.3) is 0 Å². The molecule has 0 aliphatic heterocycles. The van der Waals surface area contributed by atoms with Crippen LogP contribution in [-0.4, -0.2) is 38.9 Å². The van der Waals surface area contributed by atoms with E-state index < -0.39 is 9.84 Å². The molecule has 32 heavy (non-hydrogen) atoms. The van der Waals surface area contributed by atoms with E-state index in [4.69, 9.17) is 6.57 Å². The Labute approximate surface area is 186 Å². The molecule has 8 nitrogen and oxygen atoms in total. The maximum absolute atomic E-state index is 12.9. The fourth-order valence-corrected chi connectivity index (χ4v) is 6.40. The Hall–Kier alpha value is -3.51. The minimum Gasteiger partial charge on any atom is -0.346 e. The minimum atomic E-state index is -3.49. The van der Waals surface area contributed by atoms with Crippen LogP contribution in [0.15, 0.2) is 60.1 Å². The van der Waals surface area contributed by atoms with Gasteiger partial charge in [0.05, 0.1) is 35.2 Å². The van der Waals surface area contributed by atoms with Crippen LogP contribution in [0.1, 0.15) is 31.7 Å². The molecule has 1 aliphatic carbocycles. The van der Waals surface area contributed by atoms with E-state index in [0.29, 0.717) is 0 Å². The van der Waals surface area contributed by atoms with Crippen molar-refractivity contribution in [2.45, 2.75) is 36.6 Å². The Balaban J connectivity index is 1.27. The highest BCUT2D eigenvalue weighted by Crippen LogP contribution is 2.36. The number of nitrogens with zero attached hydrogens (tertiary/aromatic N) is 5. The van der Waals surface area contributed by atoms with Gasteiger partial charge in [0.2, 0.25) is 5.69 Å². The Kier molecular flexibility index (Phi) is 5.23. The van der Waals surface area contributed by atoms with Crippen LogP contribution in [0.5, 0.6) is 0 Å². The van der Waals surface area contributed by atoms with Gasteiger partial charge in [-0.15, -0.1) is 0 Å². The summed E-state index contributed by atoms with van der Waals surface area (Å²) in [6, 6.07) is 8.66. The normalized spacial score (nSPS) is 19.1. The number of sulfone groups is 1. The zero-order valence-corrected chi connectivity index (χ0v) is 18.2. The topological polar surface area (TPSA) is 97.9 Å². The molecule has 9 heteroatoms. The maximum Gasteiger partial charge on any atom is 0.205 e. The lowest BCUT2D eigenvalue weighted by molar-refractivity contribution is 0.275. The number of hydrogen-bond donors (Lipinski definition) is 1. The summed E-state index contributed by atoms with van der Waals surface area (Å²) in [7, 11) is -3.49. The van der Waals surface area contributed by atoms with E-state index >= 15 is 0 Å². The van der Waals surface area contributed by atoms with Crippen molar-refractivity contribution >= 4 is 26.6 Å². The highest BCUT2D eigenvalue weighted by Gasteiger charge is 2.29. The molecule has 0 atom stereocenters. The number of fused-ring (bicyclic) bond motifs is 1. The smallest absolute Gasteiger partial charge is 0.205 e. The fourth-order valence-electron chi connectivity index (χ4n) is 4.55. The number of rotatable bonds is 5. The predicted molar refractivity (Wildman–Crippen MR) is 121 cm³/mol. The van der Waals surface area contributed by atoms with Gasteiger partial charge in [-0.1, -0.05) is 24.3 Å². The highest BCUT2D eigenvalue weighted by atomic mass is 32.2. The molecule has 1 saturated carbocycles. The number of aromatic nitrogens is 5. The summed E-state index contributed by atoms with van der Waals surface area (Å²) in [4.78, 5) is 15.3. The lowest BCUT2D eigenvalue weighted by Gasteiger charge is -2.28. The standard InChI is InChI=1S/C23H22N6O2S/c1-24-20-4-2-3-5-21(20)32(30,31)14-16-6-8-18(9-7-16)29-13-17(12-28-29)22-19-10-11-25-23(19)27-15-26-22/h2-5,10-13,15-16,18H,6-9,14H2,(H,25,26,27). The van der Waals surface area contributed by atoms with E-state index in [1.807, 2.05) is 29.3 Å². The molecule has 162 valence electrons. The molecular weight excluding hydrogens is 424 g/mol. The van der Waals surface area contributed by atoms with Gasteiger partial charge in [0.15, 0.2) is 9.84 Å². The average Bonchev–Trinajstić information content (AvgIpc) is 3.49. The van der Waals surface area contributed by atoms with E-state index in [1.165, 1.54) is 6.07 Å². The van der Waals surface area contributed by atoms with Crippen molar-refractivity contribution in [3.8, 4) is 11.3 Å². The van der Waals surface area contributed by atoms with Crippen molar-refractivity contribution in [2.75, 3.05) is 5.75 Å². The molecule has 1 aromatic carbocycles. The molecule has 1 N–H and O–H groups in total. The van der Waals surface area contributed by atoms with Gasteiger partial charge >= 0.3 is 0 Å². The first-order valence-electron chi connectivity index (χ1n) is 10.6. The predicted octanol–water partition coefficient (Wildman–Crippen LogP) is 4.58. The number of benzene rings is 1. The number of hydrogen-bond acceptors (Lipinski definition) is 5. The summed E-state index contributed by atoms with van der Waals surface area (Å²) >= 11 is 0. The van der Waals surface area contributed by atoms with E-state index in [2.05, 4.69) is 24.9 Å². The van der Waals surface area contributed by atoms with Gasteiger partial charge in [-0.2, -0.15) is 5.10 Å². The summed E-state index contributed by atoms with van der Waals surface area (Å²) in [5.74, 6) is 0.176. The molecule has 0 unspecified atom stereocenters. The van der Waals surface area contributed by atoms with Gasteiger partial charge in [-0.25, -0.2) is 23.2 Å². The fraction of sp³-hybridized carbons (Fsp3) is 0.304. The summed E-state index contributed by atoms with van der Waals surface area (Å²) in [6.07, 6.45) is 10.6. The first-order valence-corrected chi connectivity index (χ1v) is 12.2. The Morgan fingerprint density at radius 2 is 1.94 bits per heavy atom. The van der Waals surface area contributed by atoms with E-state index in [9.17, 15) is 8.42 Å². The lowest BCUT2D eigenvalue weighted by Crippen LogP contribution is -2.24. The third kappa shape index (κ3) is 3.78. The van der Waals surface area contributed by atoms with Gasteiger partial charge < -0.3 is 4.98 Å². The van der Waals surface area contributed by atoms with Gasteiger partial charge in [-0.3, -0.25) is 4.68 Å². The third-order valence-corrected chi connectivity index (χ3v) is 8.12. The maximum atomic E-state index is 12.9. The number of H-pyrrole nitrogens is 1. The van der Waals surface area contributed by atoms with Crippen molar-refractivity contribution in [3.05, 3.63) is 66.7 Å². The summed E-state index contributed by atoms with van der Waals surface area (Å²) in [5, 5.41) is 5.53. The van der Waals surface area contributed by atoms with Crippen LogP contribution < -0.4 is 0 Å². The van der Waals surface area contributed by atoms with Crippen molar-refractivity contribution < 1.29 is 8.42 Å². The summed E-state index contributed by atoms with van der Waals surface area (Å²) in [5.41, 5.74) is 2.79. The van der Waals surface area contributed by atoms with E-state index in [0.717, 1.165) is 48.0 Å². The van der Waals surface area contributed by atoms with Crippen molar-refractivity contribution in [3.63, 3.8) is 0 Å². The molecule has 0 radical (unpaired) electrons. The molecule has 3 aromatic heterocycles. The number of para-hydroxylation sites is 1. The highest BCUT2D eigenvalue weighted by molar-refractivity contribution is 7.91. The molecule has 0 amide bonds. The third-order valence-electron chi connectivity index (χ3n) is 6.20. The van der Waals surface area contributed by atoms with E-state index in [-0.39, 0.29) is 28.3 Å². The first kappa shape index (κ1) is 20.4. The monoisotopic (exact) mass is 446 g/mol. The molecular formula is C23H22N6O2S. The van der Waals surface area contributed by atoms with Crippen molar-refractivity contribution in [1.82, 2.24) is 24.7 Å². The second-order valence-electron chi connectivity index (χ2n) is 8.21.